The van der Waals surface area contributed by atoms with Crippen molar-refractivity contribution in [2.45, 2.75) is 45.8 Å². The summed E-state index contributed by atoms with van der Waals surface area (Å²) < 4.78 is 10.7. The fraction of sp³-hybridized carbons (Fsp3) is 0.579. The molecule has 1 aliphatic heterocycles. The van der Waals surface area contributed by atoms with Crippen LogP contribution in [-0.2, 0) is 16.1 Å². The zero-order chi connectivity index (χ0) is 18.4. The predicted molar refractivity (Wildman–Crippen MR) is 95.4 cm³/mol. The summed E-state index contributed by atoms with van der Waals surface area (Å²) in [5.74, 6) is 0.714. The number of rotatable bonds is 4. The summed E-state index contributed by atoms with van der Waals surface area (Å²) in [6, 6.07) is 7.63. The van der Waals surface area contributed by atoms with E-state index in [1.807, 2.05) is 45.0 Å². The van der Waals surface area contributed by atoms with Gasteiger partial charge in [0, 0.05) is 31.1 Å². The van der Waals surface area contributed by atoms with Gasteiger partial charge in [-0.2, -0.15) is 0 Å². The van der Waals surface area contributed by atoms with Gasteiger partial charge in [-0.3, -0.25) is 4.79 Å². The molecule has 1 heterocycles. The first kappa shape index (κ1) is 19.1. The van der Waals surface area contributed by atoms with Gasteiger partial charge in [0.25, 0.3) is 0 Å². The average molecular weight is 348 g/mol. The fourth-order valence-corrected chi connectivity index (χ4v) is 2.83. The molecule has 0 saturated carbocycles. The van der Waals surface area contributed by atoms with E-state index in [2.05, 4.69) is 5.32 Å². The van der Waals surface area contributed by atoms with Crippen LogP contribution in [0.3, 0.4) is 0 Å². The van der Waals surface area contributed by atoms with Crippen molar-refractivity contribution in [2.75, 3.05) is 20.2 Å². The number of amides is 2. The molecule has 0 unspecified atom stereocenters. The van der Waals surface area contributed by atoms with E-state index < -0.39 is 5.60 Å². The van der Waals surface area contributed by atoms with Gasteiger partial charge in [-0.1, -0.05) is 18.2 Å². The summed E-state index contributed by atoms with van der Waals surface area (Å²) in [5, 5.41) is 2.97. The van der Waals surface area contributed by atoms with Crippen LogP contribution in [-0.4, -0.2) is 42.7 Å². The third kappa shape index (κ3) is 5.66. The number of methoxy groups -OCH3 is 1. The van der Waals surface area contributed by atoms with Crippen molar-refractivity contribution in [3.63, 3.8) is 0 Å². The molecule has 1 fully saturated rings. The Kier molecular flexibility index (Phi) is 6.28. The maximum absolute atomic E-state index is 12.4. The van der Waals surface area contributed by atoms with E-state index in [0.29, 0.717) is 32.5 Å². The zero-order valence-electron chi connectivity index (χ0n) is 15.5. The van der Waals surface area contributed by atoms with E-state index in [-0.39, 0.29) is 17.9 Å². The molecule has 1 N–H and O–H groups in total. The van der Waals surface area contributed by atoms with E-state index in [1.165, 1.54) is 0 Å². The highest BCUT2D eigenvalue weighted by Crippen LogP contribution is 2.21. The van der Waals surface area contributed by atoms with Gasteiger partial charge in [-0.05, 0) is 39.7 Å². The Hall–Kier alpha value is -2.24. The summed E-state index contributed by atoms with van der Waals surface area (Å²) in [6.07, 6.45) is 0.994. The van der Waals surface area contributed by atoms with E-state index >= 15 is 0 Å². The molecule has 1 saturated heterocycles. The smallest absolute Gasteiger partial charge is 0.410 e. The summed E-state index contributed by atoms with van der Waals surface area (Å²) in [4.78, 5) is 26.1. The van der Waals surface area contributed by atoms with Gasteiger partial charge in [-0.15, -0.1) is 0 Å². The minimum absolute atomic E-state index is 0.0229. The lowest BCUT2D eigenvalue weighted by Crippen LogP contribution is -2.44. The normalized spacial score (nSPS) is 15.6. The van der Waals surface area contributed by atoms with Crippen molar-refractivity contribution in [1.29, 1.82) is 0 Å². The van der Waals surface area contributed by atoms with Gasteiger partial charge >= 0.3 is 6.09 Å². The molecule has 2 amide bonds. The second kappa shape index (κ2) is 8.23. The van der Waals surface area contributed by atoms with Crippen molar-refractivity contribution >= 4 is 12.0 Å². The van der Waals surface area contributed by atoms with Crippen LogP contribution in [0.2, 0.25) is 0 Å². The molecule has 0 aliphatic carbocycles. The number of likely N-dealkylation sites (tertiary alicyclic amines) is 1. The molecule has 0 radical (unpaired) electrons. The quantitative estimate of drug-likeness (QED) is 0.908. The van der Waals surface area contributed by atoms with Gasteiger partial charge in [0.1, 0.15) is 11.4 Å². The number of nitrogens with zero attached hydrogens (tertiary/aromatic N) is 1. The number of hydrogen-bond acceptors (Lipinski definition) is 4. The van der Waals surface area contributed by atoms with Crippen LogP contribution in [0.25, 0.3) is 0 Å². The molecule has 6 heteroatoms. The molecule has 0 bridgehead atoms. The number of nitrogens with one attached hydrogen (secondary N) is 1. The lowest BCUT2D eigenvalue weighted by Gasteiger charge is -2.33. The number of benzene rings is 1. The molecular weight excluding hydrogens is 320 g/mol. The molecule has 1 aliphatic rings. The standard InChI is InChI=1S/C19H28N2O4/c1-19(2,3)25-18(23)21-11-9-14(10-12-21)17(22)20-13-15-7-5-6-8-16(15)24-4/h5-8,14H,9-13H2,1-4H3,(H,20,22). The Morgan fingerprint density at radius 1 is 1.20 bits per heavy atom. The van der Waals surface area contributed by atoms with Crippen molar-refractivity contribution in [2.24, 2.45) is 5.92 Å². The lowest BCUT2D eigenvalue weighted by molar-refractivity contribution is -0.126. The average Bonchev–Trinajstić information content (AvgIpc) is 2.58. The van der Waals surface area contributed by atoms with E-state index in [1.54, 1.807) is 12.0 Å². The monoisotopic (exact) mass is 348 g/mol. The van der Waals surface area contributed by atoms with Gasteiger partial charge < -0.3 is 19.7 Å². The Morgan fingerprint density at radius 3 is 2.44 bits per heavy atom. The molecule has 6 nitrogen and oxygen atoms in total. The van der Waals surface area contributed by atoms with Crippen molar-refractivity contribution in [3.8, 4) is 5.75 Å². The fourth-order valence-electron chi connectivity index (χ4n) is 2.83. The van der Waals surface area contributed by atoms with Crippen molar-refractivity contribution in [1.82, 2.24) is 10.2 Å². The van der Waals surface area contributed by atoms with Crippen LogP contribution in [0.4, 0.5) is 4.79 Å². The molecule has 138 valence electrons. The highest BCUT2D eigenvalue weighted by atomic mass is 16.6. The minimum Gasteiger partial charge on any atom is -0.496 e. The van der Waals surface area contributed by atoms with Gasteiger partial charge in [-0.25, -0.2) is 4.79 Å². The van der Waals surface area contributed by atoms with Gasteiger partial charge in [0.05, 0.1) is 7.11 Å². The summed E-state index contributed by atoms with van der Waals surface area (Å²) in [6.45, 7) is 7.08. The van der Waals surface area contributed by atoms with Crippen LogP contribution in [0, 0.1) is 5.92 Å². The molecule has 1 aromatic rings. The molecule has 0 spiro atoms. The minimum atomic E-state index is -0.500. The summed E-state index contributed by atoms with van der Waals surface area (Å²) >= 11 is 0. The number of carbonyl (C=O) groups is 2. The Bertz CT molecular complexity index is 602. The maximum Gasteiger partial charge on any atom is 0.410 e. The number of para-hydroxylation sites is 1. The molecule has 1 aromatic carbocycles. The number of piperidine rings is 1. The molecule has 0 atom stereocenters. The van der Waals surface area contributed by atoms with Crippen molar-refractivity contribution in [3.05, 3.63) is 29.8 Å². The second-order valence-electron chi connectivity index (χ2n) is 7.27. The Morgan fingerprint density at radius 2 is 1.84 bits per heavy atom. The predicted octanol–water partition coefficient (Wildman–Crippen LogP) is 2.96. The van der Waals surface area contributed by atoms with Crippen LogP contribution in [0.15, 0.2) is 24.3 Å². The zero-order valence-corrected chi connectivity index (χ0v) is 15.5. The van der Waals surface area contributed by atoms with Crippen LogP contribution in [0.1, 0.15) is 39.2 Å². The first-order valence-corrected chi connectivity index (χ1v) is 8.67. The van der Waals surface area contributed by atoms with Gasteiger partial charge in [0.15, 0.2) is 0 Å². The number of ether oxygens (including phenoxy) is 2. The maximum atomic E-state index is 12.4. The van der Waals surface area contributed by atoms with Crippen molar-refractivity contribution < 1.29 is 19.1 Å². The first-order valence-electron chi connectivity index (χ1n) is 8.67. The second-order valence-corrected chi connectivity index (χ2v) is 7.27. The van der Waals surface area contributed by atoms with Crippen LogP contribution < -0.4 is 10.1 Å². The highest BCUT2D eigenvalue weighted by Gasteiger charge is 2.29. The summed E-state index contributed by atoms with van der Waals surface area (Å²) in [5.41, 5.74) is 0.449. The van der Waals surface area contributed by atoms with E-state index in [9.17, 15) is 9.59 Å². The Balaban J connectivity index is 1.80. The van der Waals surface area contributed by atoms with Gasteiger partial charge in [0.2, 0.25) is 5.91 Å². The van der Waals surface area contributed by atoms with E-state index in [4.69, 9.17) is 9.47 Å². The molecular formula is C19H28N2O4. The summed E-state index contributed by atoms with van der Waals surface area (Å²) in [7, 11) is 1.62. The largest absolute Gasteiger partial charge is 0.496 e. The third-order valence-electron chi connectivity index (χ3n) is 4.16. The number of hydrogen-bond donors (Lipinski definition) is 1. The molecule has 25 heavy (non-hydrogen) atoms. The third-order valence-corrected chi connectivity index (χ3v) is 4.16. The van der Waals surface area contributed by atoms with E-state index in [0.717, 1.165) is 11.3 Å². The first-order chi connectivity index (χ1) is 11.8. The Labute approximate surface area is 149 Å². The highest BCUT2D eigenvalue weighted by molar-refractivity contribution is 5.79. The number of carbonyl (C=O) groups excluding carboxylic acids is 2. The molecule has 0 aromatic heterocycles. The molecule has 2 rings (SSSR count). The lowest BCUT2D eigenvalue weighted by atomic mass is 9.96. The van der Waals surface area contributed by atoms with Crippen LogP contribution >= 0.6 is 0 Å². The topological polar surface area (TPSA) is 67.9 Å². The van der Waals surface area contributed by atoms with Crippen LogP contribution in [0.5, 0.6) is 5.75 Å². The SMILES string of the molecule is COc1ccccc1CNC(=O)C1CCN(C(=O)OC(C)(C)C)CC1.